The largest absolute Gasteiger partial charge is 0.489 e. The lowest BCUT2D eigenvalue weighted by molar-refractivity contribution is 0.306. The van der Waals surface area contributed by atoms with Gasteiger partial charge in [-0.3, -0.25) is 0 Å². The highest BCUT2D eigenvalue weighted by atomic mass is 35.5. The molecule has 0 atom stereocenters. The number of nitrogens with two attached hydrogens (primary N) is 1. The molecule has 0 aliphatic rings. The van der Waals surface area contributed by atoms with Crippen LogP contribution in [0.2, 0.25) is 10.0 Å². The number of pyridine rings is 1. The van der Waals surface area contributed by atoms with Crippen LogP contribution in [0.3, 0.4) is 0 Å². The van der Waals surface area contributed by atoms with Crippen LogP contribution in [0.1, 0.15) is 5.56 Å². The van der Waals surface area contributed by atoms with Crippen molar-refractivity contribution in [1.29, 1.82) is 0 Å². The van der Waals surface area contributed by atoms with Crippen LogP contribution >= 0.6 is 23.2 Å². The van der Waals surface area contributed by atoms with Crippen molar-refractivity contribution in [1.82, 2.24) is 4.98 Å². The van der Waals surface area contributed by atoms with Crippen LogP contribution in [-0.4, -0.2) is 4.98 Å². The van der Waals surface area contributed by atoms with Crippen LogP contribution < -0.4 is 16.0 Å². The minimum absolute atomic E-state index is 0.323. The molecule has 0 aliphatic carbocycles. The standard InChI is InChI=1S/C12H11Cl2N3O/c13-9-4-10(14)6-11(5-9)18-7-8-2-1-3-16-12(8)17-15/h1-6H,7,15H2,(H,16,17). The van der Waals surface area contributed by atoms with Crippen LogP contribution in [0, 0.1) is 0 Å². The Morgan fingerprint density at radius 2 is 1.94 bits per heavy atom. The number of nitrogen functional groups attached to an aromatic ring is 1. The van der Waals surface area contributed by atoms with Gasteiger partial charge in [0.05, 0.1) is 0 Å². The van der Waals surface area contributed by atoms with Crippen molar-refractivity contribution in [3.63, 3.8) is 0 Å². The lowest BCUT2D eigenvalue weighted by Crippen LogP contribution is -2.12. The van der Waals surface area contributed by atoms with Crippen molar-refractivity contribution in [3.8, 4) is 5.75 Å². The molecule has 3 N–H and O–H groups in total. The highest BCUT2D eigenvalue weighted by molar-refractivity contribution is 6.34. The third kappa shape index (κ3) is 3.26. The fraction of sp³-hybridized carbons (Fsp3) is 0.0833. The topological polar surface area (TPSA) is 60.2 Å². The quantitative estimate of drug-likeness (QED) is 0.668. The van der Waals surface area contributed by atoms with Gasteiger partial charge in [0.2, 0.25) is 0 Å². The van der Waals surface area contributed by atoms with Gasteiger partial charge in [-0.15, -0.1) is 0 Å². The van der Waals surface area contributed by atoms with Crippen molar-refractivity contribution < 1.29 is 4.74 Å². The van der Waals surface area contributed by atoms with Crippen molar-refractivity contribution in [3.05, 3.63) is 52.1 Å². The number of halogens is 2. The molecule has 4 nitrogen and oxygen atoms in total. The molecule has 0 unspecified atom stereocenters. The molecule has 0 radical (unpaired) electrons. The SMILES string of the molecule is NNc1ncccc1COc1cc(Cl)cc(Cl)c1. The Hall–Kier alpha value is -1.49. The first-order chi connectivity index (χ1) is 8.69. The predicted molar refractivity (Wildman–Crippen MR) is 72.8 cm³/mol. The third-order valence-corrected chi connectivity index (χ3v) is 2.69. The number of anilines is 1. The zero-order chi connectivity index (χ0) is 13.0. The molecule has 2 aromatic rings. The summed E-state index contributed by atoms with van der Waals surface area (Å²) in [6, 6.07) is 8.71. The molecule has 0 spiro atoms. The van der Waals surface area contributed by atoms with Crippen molar-refractivity contribution >= 4 is 29.0 Å². The molecular formula is C12H11Cl2N3O. The first-order valence-electron chi connectivity index (χ1n) is 5.18. The Bertz CT molecular complexity index is 528. The molecule has 0 aliphatic heterocycles. The first-order valence-corrected chi connectivity index (χ1v) is 5.94. The van der Waals surface area contributed by atoms with Crippen LogP contribution in [0.15, 0.2) is 36.5 Å². The van der Waals surface area contributed by atoms with E-state index >= 15 is 0 Å². The second-order valence-electron chi connectivity index (χ2n) is 3.55. The van der Waals surface area contributed by atoms with Gasteiger partial charge in [-0.1, -0.05) is 29.3 Å². The van der Waals surface area contributed by atoms with E-state index < -0.39 is 0 Å². The minimum atomic E-state index is 0.323. The predicted octanol–water partition coefficient (Wildman–Crippen LogP) is 3.25. The van der Waals surface area contributed by atoms with Crippen molar-refractivity contribution in [2.75, 3.05) is 5.43 Å². The van der Waals surface area contributed by atoms with Crippen LogP contribution in [0.4, 0.5) is 5.82 Å². The molecule has 1 aromatic carbocycles. The smallest absolute Gasteiger partial charge is 0.146 e. The third-order valence-electron chi connectivity index (χ3n) is 2.26. The molecule has 0 saturated heterocycles. The van der Waals surface area contributed by atoms with Gasteiger partial charge in [-0.25, -0.2) is 10.8 Å². The molecule has 6 heteroatoms. The summed E-state index contributed by atoms with van der Waals surface area (Å²) in [4.78, 5) is 4.08. The molecule has 0 amide bonds. The van der Waals surface area contributed by atoms with E-state index in [1.165, 1.54) is 0 Å². The number of aromatic nitrogens is 1. The average molecular weight is 284 g/mol. The Labute approximate surface area is 115 Å². The highest BCUT2D eigenvalue weighted by Crippen LogP contribution is 2.25. The number of ether oxygens (including phenoxy) is 1. The Kier molecular flexibility index (Phi) is 4.25. The number of nitrogens with zero attached hydrogens (tertiary/aromatic N) is 1. The van der Waals surface area contributed by atoms with Gasteiger partial charge in [-0.05, 0) is 24.3 Å². The summed E-state index contributed by atoms with van der Waals surface area (Å²) in [5.74, 6) is 6.53. The molecule has 1 aromatic heterocycles. The van der Waals surface area contributed by atoms with E-state index in [4.69, 9.17) is 33.8 Å². The average Bonchev–Trinajstić information content (AvgIpc) is 2.35. The van der Waals surface area contributed by atoms with Crippen LogP contribution in [-0.2, 0) is 6.61 Å². The van der Waals surface area contributed by atoms with E-state index in [2.05, 4.69) is 10.4 Å². The summed E-state index contributed by atoms with van der Waals surface area (Å²) in [5.41, 5.74) is 3.35. The zero-order valence-electron chi connectivity index (χ0n) is 9.36. The molecule has 18 heavy (non-hydrogen) atoms. The van der Waals surface area contributed by atoms with Crippen molar-refractivity contribution in [2.24, 2.45) is 5.84 Å². The molecule has 0 bridgehead atoms. The maximum atomic E-state index is 5.88. The Morgan fingerprint density at radius 3 is 2.61 bits per heavy atom. The Balaban J connectivity index is 2.11. The number of rotatable bonds is 4. The lowest BCUT2D eigenvalue weighted by Gasteiger charge is -2.10. The molecule has 0 saturated carbocycles. The van der Waals surface area contributed by atoms with E-state index in [0.717, 1.165) is 5.56 Å². The van der Waals surface area contributed by atoms with Gasteiger partial charge in [0.1, 0.15) is 18.2 Å². The van der Waals surface area contributed by atoms with E-state index in [1.54, 1.807) is 24.4 Å². The van der Waals surface area contributed by atoms with Gasteiger partial charge in [0.25, 0.3) is 0 Å². The first kappa shape index (κ1) is 13.0. The molecule has 0 fully saturated rings. The van der Waals surface area contributed by atoms with Gasteiger partial charge in [-0.2, -0.15) is 0 Å². The van der Waals surface area contributed by atoms with E-state index in [-0.39, 0.29) is 0 Å². The minimum Gasteiger partial charge on any atom is -0.489 e. The fourth-order valence-corrected chi connectivity index (χ4v) is 1.96. The van der Waals surface area contributed by atoms with E-state index in [1.807, 2.05) is 12.1 Å². The van der Waals surface area contributed by atoms with Crippen LogP contribution in [0.5, 0.6) is 5.75 Å². The number of hydrogen-bond donors (Lipinski definition) is 2. The number of hydrogen-bond acceptors (Lipinski definition) is 4. The summed E-state index contributed by atoms with van der Waals surface area (Å²) in [5, 5.41) is 1.06. The van der Waals surface area contributed by atoms with Gasteiger partial charge >= 0.3 is 0 Å². The highest BCUT2D eigenvalue weighted by Gasteiger charge is 2.04. The van der Waals surface area contributed by atoms with Gasteiger partial charge in [0, 0.05) is 21.8 Å². The molecule has 94 valence electrons. The second kappa shape index (κ2) is 5.91. The summed E-state index contributed by atoms with van der Waals surface area (Å²) in [6.07, 6.45) is 1.65. The summed E-state index contributed by atoms with van der Waals surface area (Å²) < 4.78 is 5.59. The molecular weight excluding hydrogens is 273 g/mol. The van der Waals surface area contributed by atoms with Crippen LogP contribution in [0.25, 0.3) is 0 Å². The monoisotopic (exact) mass is 283 g/mol. The van der Waals surface area contributed by atoms with Gasteiger partial charge < -0.3 is 10.2 Å². The maximum absolute atomic E-state index is 5.88. The van der Waals surface area contributed by atoms with E-state index in [9.17, 15) is 0 Å². The van der Waals surface area contributed by atoms with Crippen molar-refractivity contribution in [2.45, 2.75) is 6.61 Å². The normalized spacial score (nSPS) is 10.2. The number of nitrogens with one attached hydrogen (secondary N) is 1. The summed E-state index contributed by atoms with van der Waals surface area (Å²) >= 11 is 11.8. The lowest BCUT2D eigenvalue weighted by atomic mass is 10.2. The second-order valence-corrected chi connectivity index (χ2v) is 4.42. The summed E-state index contributed by atoms with van der Waals surface area (Å²) in [7, 11) is 0. The molecule has 1 heterocycles. The summed E-state index contributed by atoms with van der Waals surface area (Å²) in [6.45, 7) is 0.323. The van der Waals surface area contributed by atoms with Gasteiger partial charge in [0.15, 0.2) is 0 Å². The molecule has 2 rings (SSSR count). The maximum Gasteiger partial charge on any atom is 0.146 e. The zero-order valence-corrected chi connectivity index (χ0v) is 10.9. The number of benzene rings is 1. The van der Waals surface area contributed by atoms with E-state index in [0.29, 0.717) is 28.2 Å². The number of hydrazine groups is 1. The Morgan fingerprint density at radius 1 is 1.22 bits per heavy atom. The fourth-order valence-electron chi connectivity index (χ4n) is 1.46.